The van der Waals surface area contributed by atoms with Crippen LogP contribution in [0, 0.1) is 0 Å². The Morgan fingerprint density at radius 1 is 0.397 bits per heavy atom. The van der Waals surface area contributed by atoms with Crippen LogP contribution in [-0.4, -0.2) is 29.5 Å². The van der Waals surface area contributed by atoms with Crippen LogP contribution in [0.15, 0.2) is 199 Å². The molecule has 13 aromatic rings. The van der Waals surface area contributed by atoms with Gasteiger partial charge in [0, 0.05) is 58.6 Å². The molecule has 0 N–H and O–H groups in total. The summed E-state index contributed by atoms with van der Waals surface area (Å²) in [6.07, 6.45) is 0. The number of hydrogen-bond acceptors (Lipinski definition) is 7. The molecule has 0 unspecified atom stereocenters. The van der Waals surface area contributed by atoms with Gasteiger partial charge < -0.3 is 4.42 Å². The maximum atomic E-state index is 6.39. The predicted molar refractivity (Wildman–Crippen MR) is 257 cm³/mol. The van der Waals surface area contributed by atoms with Crippen LogP contribution >= 0.6 is 11.3 Å². The quantitative estimate of drug-likeness (QED) is 0.166. The Kier molecular flexibility index (Phi) is 7.94. The molecule has 0 aliphatic rings. The van der Waals surface area contributed by atoms with Gasteiger partial charge >= 0.3 is 0 Å². The maximum absolute atomic E-state index is 6.39. The number of fused-ring (bicyclic) bond motifs is 9. The molecule has 5 aromatic heterocycles. The topological polar surface area (TPSA) is 82.5 Å². The lowest BCUT2D eigenvalue weighted by Crippen LogP contribution is -2.06. The Bertz CT molecular complexity index is 3910. The summed E-state index contributed by atoms with van der Waals surface area (Å²) >= 11 is 1.73. The van der Waals surface area contributed by atoms with Gasteiger partial charge in [-0.15, -0.1) is 11.3 Å². The summed E-state index contributed by atoms with van der Waals surface area (Å²) in [6.45, 7) is 0. The van der Waals surface area contributed by atoms with E-state index >= 15 is 0 Å². The molecule has 8 heteroatoms. The second-order valence-corrected chi connectivity index (χ2v) is 16.7. The summed E-state index contributed by atoms with van der Waals surface area (Å²) in [7, 11) is 0. The van der Waals surface area contributed by atoms with Gasteiger partial charge in [0.1, 0.15) is 16.8 Å². The summed E-state index contributed by atoms with van der Waals surface area (Å²) in [5, 5.41) is 5.51. The minimum atomic E-state index is 0.559. The zero-order valence-corrected chi connectivity index (χ0v) is 34.3. The van der Waals surface area contributed by atoms with Crippen molar-refractivity contribution < 1.29 is 4.42 Å². The number of para-hydroxylation sites is 2. The Morgan fingerprint density at radius 3 is 1.86 bits per heavy atom. The van der Waals surface area contributed by atoms with E-state index in [0.29, 0.717) is 29.0 Å². The molecule has 7 nitrogen and oxygen atoms in total. The second-order valence-electron chi connectivity index (χ2n) is 15.6. The van der Waals surface area contributed by atoms with Gasteiger partial charge in [-0.1, -0.05) is 158 Å². The normalized spacial score (nSPS) is 11.8. The Balaban J connectivity index is 1.01. The van der Waals surface area contributed by atoms with Crippen molar-refractivity contribution in [1.82, 2.24) is 29.5 Å². The highest BCUT2D eigenvalue weighted by atomic mass is 32.1. The Hall–Kier alpha value is -8.33. The minimum Gasteiger partial charge on any atom is -0.452 e. The van der Waals surface area contributed by atoms with Crippen molar-refractivity contribution in [2.45, 2.75) is 0 Å². The molecule has 0 amide bonds. The van der Waals surface area contributed by atoms with E-state index < -0.39 is 0 Å². The molecule has 5 heterocycles. The summed E-state index contributed by atoms with van der Waals surface area (Å²) < 4.78 is 10.8. The number of aromatic nitrogens is 6. The molecule has 0 aliphatic heterocycles. The molecule has 63 heavy (non-hydrogen) atoms. The van der Waals surface area contributed by atoms with Crippen molar-refractivity contribution in [3.8, 4) is 62.5 Å². The molecule has 8 aromatic carbocycles. The van der Waals surface area contributed by atoms with Crippen molar-refractivity contribution in [1.29, 1.82) is 0 Å². The van der Waals surface area contributed by atoms with Gasteiger partial charge in [-0.25, -0.2) is 15.0 Å². The van der Waals surface area contributed by atoms with E-state index in [-0.39, 0.29) is 0 Å². The van der Waals surface area contributed by atoms with E-state index in [1.165, 1.54) is 0 Å². The monoisotopic (exact) mass is 824 g/mol. The van der Waals surface area contributed by atoms with Gasteiger partial charge in [0.25, 0.3) is 0 Å². The van der Waals surface area contributed by atoms with Gasteiger partial charge in [0.05, 0.1) is 11.0 Å². The van der Waals surface area contributed by atoms with Gasteiger partial charge in [-0.05, 0) is 47.5 Å². The van der Waals surface area contributed by atoms with Gasteiger partial charge in [0.15, 0.2) is 23.1 Å². The summed E-state index contributed by atoms with van der Waals surface area (Å²) in [5.74, 6) is 2.41. The number of rotatable bonds is 6. The maximum Gasteiger partial charge on any atom is 0.238 e. The van der Waals surface area contributed by atoms with E-state index in [4.69, 9.17) is 29.3 Å². The van der Waals surface area contributed by atoms with Crippen LogP contribution in [0.25, 0.3) is 127 Å². The molecular formula is C55H32N6OS. The van der Waals surface area contributed by atoms with Crippen LogP contribution in [0.3, 0.4) is 0 Å². The smallest absolute Gasteiger partial charge is 0.238 e. The van der Waals surface area contributed by atoms with Crippen molar-refractivity contribution >= 4 is 75.4 Å². The summed E-state index contributed by atoms with van der Waals surface area (Å²) in [6, 6.07) is 67.0. The molecule has 0 spiro atoms. The molecular weight excluding hydrogens is 793 g/mol. The van der Waals surface area contributed by atoms with Crippen LogP contribution in [0.4, 0.5) is 0 Å². The average Bonchev–Trinajstić information content (AvgIpc) is 4.03. The Morgan fingerprint density at radius 2 is 1.03 bits per heavy atom. The molecule has 0 atom stereocenters. The lowest BCUT2D eigenvalue weighted by atomic mass is 10.0. The first-order valence-electron chi connectivity index (χ1n) is 20.8. The van der Waals surface area contributed by atoms with Crippen molar-refractivity contribution in [2.75, 3.05) is 0 Å². The van der Waals surface area contributed by atoms with E-state index in [1.54, 1.807) is 11.3 Å². The number of furan rings is 1. The van der Waals surface area contributed by atoms with E-state index in [0.717, 1.165) is 97.5 Å². The van der Waals surface area contributed by atoms with Crippen molar-refractivity contribution in [2.24, 2.45) is 0 Å². The third-order valence-electron chi connectivity index (χ3n) is 11.9. The lowest BCUT2D eigenvalue weighted by Gasteiger charge is -2.12. The molecule has 0 saturated heterocycles. The van der Waals surface area contributed by atoms with Crippen LogP contribution in [-0.2, 0) is 0 Å². The Labute approximate surface area is 364 Å². The molecule has 0 bridgehead atoms. The van der Waals surface area contributed by atoms with Crippen LogP contribution in [0.1, 0.15) is 0 Å². The number of benzene rings is 8. The first kappa shape index (κ1) is 35.4. The van der Waals surface area contributed by atoms with E-state index in [9.17, 15) is 0 Å². The van der Waals surface area contributed by atoms with Crippen LogP contribution in [0.5, 0.6) is 0 Å². The predicted octanol–water partition coefficient (Wildman–Crippen LogP) is 14.4. The molecule has 0 fully saturated rings. The van der Waals surface area contributed by atoms with E-state index in [1.807, 2.05) is 60.7 Å². The fraction of sp³-hybridized carbons (Fsp3) is 0. The zero-order valence-electron chi connectivity index (χ0n) is 33.5. The third-order valence-corrected chi connectivity index (χ3v) is 13.1. The highest BCUT2D eigenvalue weighted by molar-refractivity contribution is 7.26. The van der Waals surface area contributed by atoms with Gasteiger partial charge in [0.2, 0.25) is 5.95 Å². The number of thiophene rings is 1. The van der Waals surface area contributed by atoms with Crippen molar-refractivity contribution in [3.05, 3.63) is 194 Å². The molecule has 294 valence electrons. The third kappa shape index (κ3) is 5.76. The highest BCUT2D eigenvalue weighted by Crippen LogP contribution is 2.42. The first-order chi connectivity index (χ1) is 31.2. The fourth-order valence-electron chi connectivity index (χ4n) is 8.92. The molecule has 0 aliphatic carbocycles. The molecule has 0 saturated carbocycles. The zero-order chi connectivity index (χ0) is 41.4. The fourth-order valence-corrected chi connectivity index (χ4v) is 10.2. The van der Waals surface area contributed by atoms with Crippen LogP contribution < -0.4 is 0 Å². The largest absolute Gasteiger partial charge is 0.452 e. The van der Waals surface area contributed by atoms with Crippen LogP contribution in [0.2, 0.25) is 0 Å². The summed E-state index contributed by atoms with van der Waals surface area (Å²) in [4.78, 5) is 26.1. The second kappa shape index (κ2) is 14.1. The molecule has 13 rings (SSSR count). The number of hydrogen-bond donors (Lipinski definition) is 0. The molecule has 0 radical (unpaired) electrons. The average molecular weight is 825 g/mol. The first-order valence-corrected chi connectivity index (χ1v) is 21.6. The van der Waals surface area contributed by atoms with Gasteiger partial charge in [-0.3, -0.25) is 4.57 Å². The van der Waals surface area contributed by atoms with Gasteiger partial charge in [-0.2, -0.15) is 9.97 Å². The standard InChI is InChI=1S/C55H32N6OS/c1-4-15-33(16-5-1)36-27-29-39-38-21-10-12-25-44(38)61(45(39)31-36)55-59-52(35-19-8-3-9-20-35)58-54(60-55)43-24-14-23-41-40-30-28-37(32-47(40)63-51(41)43)53-56-48(34-17-6-2-7-18-34)50-49(57-53)42-22-11-13-26-46(42)62-50/h1-32H. The van der Waals surface area contributed by atoms with Crippen molar-refractivity contribution in [3.63, 3.8) is 0 Å². The highest BCUT2D eigenvalue weighted by Gasteiger charge is 2.22. The minimum absolute atomic E-state index is 0.559. The summed E-state index contributed by atoms with van der Waals surface area (Å²) in [5.41, 5.74) is 11.1. The van der Waals surface area contributed by atoms with E-state index in [2.05, 4.69) is 138 Å². The SMILES string of the molecule is c1ccc(-c2ccc3c4ccccc4n(-c4nc(-c5ccccc5)nc(-c5cccc6c5sc5cc(-c7nc(-c8ccccc8)c8oc9ccccc9c8n7)ccc56)n4)c3c2)cc1. The lowest BCUT2D eigenvalue weighted by molar-refractivity contribution is 0.667. The number of nitrogens with zero attached hydrogens (tertiary/aromatic N) is 6.